The van der Waals surface area contributed by atoms with Gasteiger partial charge in [-0.05, 0) is 54.8 Å². The first-order valence-electron chi connectivity index (χ1n) is 11.8. The number of benzene rings is 3. The van der Waals surface area contributed by atoms with E-state index < -0.39 is 0 Å². The van der Waals surface area contributed by atoms with E-state index in [-0.39, 0.29) is 5.41 Å². The maximum atomic E-state index is 5.40. The molecule has 1 aliphatic heterocycles. The molecule has 2 aliphatic rings. The lowest BCUT2D eigenvalue weighted by Crippen LogP contribution is -2.40. The van der Waals surface area contributed by atoms with Gasteiger partial charge in [-0.2, -0.15) is 0 Å². The molecule has 0 amide bonds. The van der Waals surface area contributed by atoms with Crippen LogP contribution in [0.25, 0.3) is 27.9 Å². The van der Waals surface area contributed by atoms with Gasteiger partial charge in [-0.3, -0.25) is 4.90 Å². The minimum absolute atomic E-state index is 0.254. The van der Waals surface area contributed by atoms with E-state index in [0.717, 1.165) is 32.8 Å². The number of methoxy groups -OCH3 is 1. The highest BCUT2D eigenvalue weighted by Gasteiger charge is 2.37. The van der Waals surface area contributed by atoms with Crippen LogP contribution in [0.3, 0.4) is 0 Å². The topological polar surface area (TPSA) is 17.4 Å². The molecule has 32 heavy (non-hydrogen) atoms. The van der Waals surface area contributed by atoms with Crippen LogP contribution < -0.4 is 0 Å². The third-order valence-corrected chi connectivity index (χ3v) is 7.59. The van der Waals surface area contributed by atoms with Gasteiger partial charge < -0.3 is 9.30 Å². The summed E-state index contributed by atoms with van der Waals surface area (Å²) in [6.45, 7) is 4.90. The largest absolute Gasteiger partial charge is 0.383 e. The average Bonchev–Trinajstić information content (AvgIpc) is 3.35. The summed E-state index contributed by atoms with van der Waals surface area (Å²) in [6, 6.07) is 24.7. The van der Waals surface area contributed by atoms with Crippen LogP contribution in [0.4, 0.5) is 0 Å². The number of nitrogens with zero attached hydrogens (tertiary/aromatic N) is 2. The normalized spacial score (nSPS) is 17.5. The second kappa shape index (κ2) is 7.91. The van der Waals surface area contributed by atoms with Gasteiger partial charge in [-0.15, -0.1) is 0 Å². The third-order valence-electron chi connectivity index (χ3n) is 7.59. The minimum Gasteiger partial charge on any atom is -0.383 e. The quantitative estimate of drug-likeness (QED) is 0.392. The summed E-state index contributed by atoms with van der Waals surface area (Å²) >= 11 is 0. The van der Waals surface area contributed by atoms with Crippen molar-refractivity contribution in [1.29, 1.82) is 0 Å². The molecule has 0 atom stereocenters. The number of piperidine rings is 1. The van der Waals surface area contributed by atoms with Gasteiger partial charge in [0.2, 0.25) is 0 Å². The highest BCUT2D eigenvalue weighted by molar-refractivity contribution is 6.08. The van der Waals surface area contributed by atoms with E-state index in [9.17, 15) is 0 Å². The molecule has 0 unspecified atom stereocenters. The first-order chi connectivity index (χ1) is 15.8. The SMILES string of the molecule is COCCn1c2ccccc2c2ccc(CN3CCC4(C=Cc5ccccc54)CC3)cc21. The van der Waals surface area contributed by atoms with E-state index in [4.69, 9.17) is 4.74 Å². The van der Waals surface area contributed by atoms with Crippen molar-refractivity contribution >= 4 is 27.9 Å². The number of hydrogen-bond donors (Lipinski definition) is 0. The molecule has 3 nitrogen and oxygen atoms in total. The lowest BCUT2D eigenvalue weighted by molar-refractivity contribution is 0.177. The molecular formula is C29H30N2O. The molecule has 162 valence electrons. The molecule has 0 bridgehead atoms. The smallest absolute Gasteiger partial charge is 0.0642 e. The van der Waals surface area contributed by atoms with Gasteiger partial charge in [0.05, 0.1) is 6.61 Å². The summed E-state index contributed by atoms with van der Waals surface area (Å²) in [5.74, 6) is 0. The number of ether oxygens (including phenoxy) is 1. The van der Waals surface area contributed by atoms with E-state index >= 15 is 0 Å². The molecule has 1 spiro atoms. The Morgan fingerprint density at radius 3 is 2.53 bits per heavy atom. The van der Waals surface area contributed by atoms with Crippen molar-refractivity contribution in [1.82, 2.24) is 9.47 Å². The van der Waals surface area contributed by atoms with Crippen molar-refractivity contribution < 1.29 is 4.74 Å². The maximum absolute atomic E-state index is 5.40. The van der Waals surface area contributed by atoms with E-state index in [2.05, 4.69) is 88.3 Å². The highest BCUT2D eigenvalue weighted by atomic mass is 16.5. The highest BCUT2D eigenvalue weighted by Crippen LogP contribution is 2.43. The molecule has 0 N–H and O–H groups in total. The molecule has 1 aliphatic carbocycles. The second-order valence-electron chi connectivity index (χ2n) is 9.37. The van der Waals surface area contributed by atoms with Crippen molar-refractivity contribution in [2.24, 2.45) is 0 Å². The molecule has 3 aromatic carbocycles. The number of fused-ring (bicyclic) bond motifs is 5. The van der Waals surface area contributed by atoms with Crippen molar-refractivity contribution in [2.75, 3.05) is 26.8 Å². The van der Waals surface area contributed by atoms with Gasteiger partial charge >= 0.3 is 0 Å². The Morgan fingerprint density at radius 1 is 0.875 bits per heavy atom. The van der Waals surface area contributed by atoms with Crippen molar-refractivity contribution in [3.05, 3.63) is 89.5 Å². The van der Waals surface area contributed by atoms with E-state index in [1.54, 1.807) is 7.11 Å². The molecule has 0 saturated carbocycles. The Balaban J connectivity index is 1.25. The van der Waals surface area contributed by atoms with Crippen LogP contribution in [-0.2, 0) is 23.2 Å². The van der Waals surface area contributed by atoms with Gasteiger partial charge in [0.15, 0.2) is 0 Å². The average molecular weight is 423 g/mol. The molecule has 3 heteroatoms. The Kier molecular flexibility index (Phi) is 4.89. The maximum Gasteiger partial charge on any atom is 0.0642 e. The Bertz CT molecular complexity index is 1310. The lowest BCUT2D eigenvalue weighted by Gasteiger charge is -2.39. The molecule has 6 rings (SSSR count). The van der Waals surface area contributed by atoms with Gasteiger partial charge in [-0.1, -0.05) is 66.7 Å². The Hall–Kier alpha value is -2.88. The first-order valence-corrected chi connectivity index (χ1v) is 11.8. The van der Waals surface area contributed by atoms with Crippen LogP contribution in [0.15, 0.2) is 72.8 Å². The summed E-state index contributed by atoms with van der Waals surface area (Å²) in [5, 5.41) is 2.67. The van der Waals surface area contributed by atoms with Crippen LogP contribution in [-0.4, -0.2) is 36.3 Å². The van der Waals surface area contributed by atoms with Crippen LogP contribution in [0.5, 0.6) is 0 Å². The fourth-order valence-corrected chi connectivity index (χ4v) is 5.86. The number of rotatable bonds is 5. The standard InChI is InChI=1S/C29H30N2O/c1-32-19-18-31-27-9-5-3-7-24(27)25-11-10-22(20-28(25)31)21-30-16-14-29(15-17-30)13-12-23-6-2-4-8-26(23)29/h2-13,20H,14-19,21H2,1H3. The first kappa shape index (κ1) is 19.8. The van der Waals surface area contributed by atoms with Gasteiger partial charge in [0, 0.05) is 47.4 Å². The zero-order valence-corrected chi connectivity index (χ0v) is 18.8. The number of likely N-dealkylation sites (tertiary alicyclic amines) is 1. The Morgan fingerprint density at radius 2 is 1.66 bits per heavy atom. The van der Waals surface area contributed by atoms with Gasteiger partial charge in [0.1, 0.15) is 0 Å². The number of aromatic nitrogens is 1. The minimum atomic E-state index is 0.254. The molecule has 0 radical (unpaired) electrons. The zero-order valence-electron chi connectivity index (χ0n) is 18.8. The van der Waals surface area contributed by atoms with Crippen molar-refractivity contribution in [3.8, 4) is 0 Å². The summed E-state index contributed by atoms with van der Waals surface area (Å²) < 4.78 is 7.82. The fourth-order valence-electron chi connectivity index (χ4n) is 5.86. The second-order valence-corrected chi connectivity index (χ2v) is 9.37. The number of hydrogen-bond acceptors (Lipinski definition) is 2. The molecule has 1 saturated heterocycles. The lowest BCUT2D eigenvalue weighted by atomic mass is 9.74. The summed E-state index contributed by atoms with van der Waals surface area (Å²) in [6.07, 6.45) is 7.21. The molecule has 1 aromatic heterocycles. The molecule has 1 fully saturated rings. The van der Waals surface area contributed by atoms with E-state index in [1.807, 2.05) is 0 Å². The summed E-state index contributed by atoms with van der Waals surface area (Å²) in [4.78, 5) is 2.63. The molecule has 4 aromatic rings. The summed E-state index contributed by atoms with van der Waals surface area (Å²) in [5.41, 5.74) is 7.21. The van der Waals surface area contributed by atoms with Crippen molar-refractivity contribution in [2.45, 2.75) is 31.3 Å². The number of allylic oxidation sites excluding steroid dienone is 1. The van der Waals surface area contributed by atoms with Gasteiger partial charge in [-0.25, -0.2) is 0 Å². The van der Waals surface area contributed by atoms with E-state index in [1.165, 1.54) is 51.3 Å². The van der Waals surface area contributed by atoms with Crippen LogP contribution in [0, 0.1) is 0 Å². The van der Waals surface area contributed by atoms with Crippen LogP contribution in [0.2, 0.25) is 0 Å². The third kappa shape index (κ3) is 3.19. The monoisotopic (exact) mass is 422 g/mol. The molecular weight excluding hydrogens is 392 g/mol. The molecule has 2 heterocycles. The number of para-hydroxylation sites is 1. The predicted octanol–water partition coefficient (Wildman–Crippen LogP) is 6.00. The van der Waals surface area contributed by atoms with Crippen LogP contribution >= 0.6 is 0 Å². The van der Waals surface area contributed by atoms with Crippen molar-refractivity contribution in [3.63, 3.8) is 0 Å². The van der Waals surface area contributed by atoms with Gasteiger partial charge in [0.25, 0.3) is 0 Å². The summed E-state index contributed by atoms with van der Waals surface area (Å²) in [7, 11) is 1.78. The van der Waals surface area contributed by atoms with E-state index in [0.29, 0.717) is 0 Å². The fraction of sp³-hybridized carbons (Fsp3) is 0.310. The Labute approximate surface area is 189 Å². The van der Waals surface area contributed by atoms with Crippen LogP contribution in [0.1, 0.15) is 29.5 Å². The predicted molar refractivity (Wildman–Crippen MR) is 133 cm³/mol. The zero-order chi connectivity index (χ0) is 21.5.